The van der Waals surface area contributed by atoms with Crippen LogP contribution in [-0.2, 0) is 12.8 Å². The molecule has 2 aromatic carbocycles. The van der Waals surface area contributed by atoms with Crippen LogP contribution in [0.3, 0.4) is 0 Å². The van der Waals surface area contributed by atoms with E-state index in [1.807, 2.05) is 0 Å². The molecule has 0 spiro atoms. The number of fused-ring (bicyclic) bond motifs is 1. The van der Waals surface area contributed by atoms with Gasteiger partial charge in [0.1, 0.15) is 0 Å². The van der Waals surface area contributed by atoms with Crippen molar-refractivity contribution in [3.8, 4) is 11.5 Å². The minimum Gasteiger partial charge on any atom is -0.493 e. The monoisotopic (exact) mass is 369 g/mol. The second kappa shape index (κ2) is 7.93. The van der Waals surface area contributed by atoms with Crippen molar-refractivity contribution in [1.29, 1.82) is 0 Å². The number of methoxy groups -OCH3 is 2. The van der Waals surface area contributed by atoms with Gasteiger partial charge in [0.15, 0.2) is 11.5 Å². The van der Waals surface area contributed by atoms with Crippen LogP contribution in [0.15, 0.2) is 46.2 Å². The van der Waals surface area contributed by atoms with Crippen molar-refractivity contribution < 1.29 is 9.47 Å². The molecule has 0 radical (unpaired) electrons. The van der Waals surface area contributed by atoms with E-state index in [2.05, 4.69) is 41.3 Å². The van der Waals surface area contributed by atoms with E-state index in [0.29, 0.717) is 0 Å². The molecule has 0 amide bonds. The molecule has 2 aromatic rings. The molecule has 26 heavy (non-hydrogen) atoms. The van der Waals surface area contributed by atoms with Gasteiger partial charge >= 0.3 is 0 Å². The number of hydrogen-bond donors (Lipinski definition) is 0. The second-order valence-electron chi connectivity index (χ2n) is 7.24. The molecule has 3 nitrogen and oxygen atoms in total. The van der Waals surface area contributed by atoms with Crippen molar-refractivity contribution >= 4 is 11.8 Å². The molecular formula is C22H27NO2S. The summed E-state index contributed by atoms with van der Waals surface area (Å²) in [7, 11) is 3.48. The zero-order chi connectivity index (χ0) is 17.9. The Morgan fingerprint density at radius 2 is 1.81 bits per heavy atom. The minimum absolute atomic E-state index is 0.848. The molecule has 0 unspecified atom stereocenters. The van der Waals surface area contributed by atoms with E-state index < -0.39 is 0 Å². The van der Waals surface area contributed by atoms with Crippen LogP contribution < -0.4 is 9.47 Å². The summed E-state index contributed by atoms with van der Waals surface area (Å²) in [5.74, 6) is 2.66. The summed E-state index contributed by atoms with van der Waals surface area (Å²) in [6, 6.07) is 12.8. The Kier molecular flexibility index (Phi) is 5.41. The smallest absolute Gasteiger partial charge is 0.174 e. The predicted molar refractivity (Wildman–Crippen MR) is 107 cm³/mol. The maximum atomic E-state index is 5.79. The highest BCUT2D eigenvalue weighted by molar-refractivity contribution is 7.99. The Morgan fingerprint density at radius 1 is 1.04 bits per heavy atom. The van der Waals surface area contributed by atoms with E-state index in [1.165, 1.54) is 40.3 Å². The quantitative estimate of drug-likeness (QED) is 0.738. The summed E-state index contributed by atoms with van der Waals surface area (Å²) in [5.41, 5.74) is 2.86. The average molecular weight is 370 g/mol. The first-order chi connectivity index (χ1) is 12.8. The van der Waals surface area contributed by atoms with Crippen molar-refractivity contribution in [3.05, 3.63) is 47.5 Å². The average Bonchev–Trinajstić information content (AvgIpc) is 3.50. The first kappa shape index (κ1) is 17.7. The van der Waals surface area contributed by atoms with Gasteiger partial charge in [-0.3, -0.25) is 0 Å². The van der Waals surface area contributed by atoms with Gasteiger partial charge in [-0.1, -0.05) is 30.0 Å². The summed E-state index contributed by atoms with van der Waals surface area (Å²) in [6.45, 7) is 3.55. The maximum Gasteiger partial charge on any atom is 0.174 e. The van der Waals surface area contributed by atoms with Crippen LogP contribution >= 0.6 is 11.8 Å². The largest absolute Gasteiger partial charge is 0.493 e. The minimum atomic E-state index is 0.848. The van der Waals surface area contributed by atoms with Gasteiger partial charge in [-0.15, -0.1) is 0 Å². The number of rotatable bonds is 6. The van der Waals surface area contributed by atoms with Crippen LogP contribution in [0.1, 0.15) is 24.0 Å². The van der Waals surface area contributed by atoms with Crippen LogP contribution in [0.5, 0.6) is 11.5 Å². The zero-order valence-electron chi connectivity index (χ0n) is 15.7. The highest BCUT2D eigenvalue weighted by Crippen LogP contribution is 2.45. The molecule has 1 saturated carbocycles. The molecule has 4 rings (SSSR count). The summed E-state index contributed by atoms with van der Waals surface area (Å²) < 4.78 is 11.5. The molecule has 0 N–H and O–H groups in total. The van der Waals surface area contributed by atoms with Gasteiger partial charge in [-0.25, -0.2) is 0 Å². The molecule has 0 saturated heterocycles. The first-order valence-corrected chi connectivity index (χ1v) is 10.3. The summed E-state index contributed by atoms with van der Waals surface area (Å²) in [6.07, 6.45) is 5.00. The SMILES string of the molecule is COc1cc2c(c(Sc3ccccc3)c1OC)CCN(CC1CC1)CC2. The second-order valence-corrected chi connectivity index (χ2v) is 8.32. The zero-order valence-corrected chi connectivity index (χ0v) is 16.5. The van der Waals surface area contributed by atoms with E-state index in [-0.39, 0.29) is 0 Å². The third-order valence-electron chi connectivity index (χ3n) is 5.37. The number of nitrogens with zero attached hydrogens (tertiary/aromatic N) is 1. The Bertz CT molecular complexity index is 758. The fourth-order valence-electron chi connectivity index (χ4n) is 3.77. The van der Waals surface area contributed by atoms with Gasteiger partial charge in [0.05, 0.1) is 19.1 Å². The normalized spacial score (nSPS) is 17.5. The topological polar surface area (TPSA) is 21.7 Å². The van der Waals surface area contributed by atoms with Gasteiger partial charge < -0.3 is 14.4 Å². The lowest BCUT2D eigenvalue weighted by atomic mass is 10.0. The van der Waals surface area contributed by atoms with Crippen molar-refractivity contribution in [2.24, 2.45) is 5.92 Å². The molecule has 0 atom stereocenters. The molecule has 1 heterocycles. The standard InChI is InChI=1S/C22H27NO2S/c1-24-20-14-17-10-12-23(15-16-8-9-16)13-11-19(17)22(21(20)25-2)26-18-6-4-3-5-7-18/h3-7,14,16H,8-13,15H2,1-2H3. The van der Waals surface area contributed by atoms with Gasteiger partial charge in [-0.05, 0) is 60.9 Å². The predicted octanol–water partition coefficient (Wildman–Crippen LogP) is 4.67. The van der Waals surface area contributed by atoms with Crippen LogP contribution in [0.4, 0.5) is 0 Å². The van der Waals surface area contributed by atoms with E-state index >= 15 is 0 Å². The number of benzene rings is 2. The Labute approximate surface area is 160 Å². The Balaban J connectivity index is 1.69. The Morgan fingerprint density at radius 3 is 2.50 bits per heavy atom. The Hall–Kier alpha value is -1.65. The lowest BCUT2D eigenvalue weighted by Crippen LogP contribution is -2.28. The molecule has 4 heteroatoms. The molecule has 138 valence electrons. The maximum absolute atomic E-state index is 5.79. The third-order valence-corrected chi connectivity index (χ3v) is 6.52. The third kappa shape index (κ3) is 3.86. The van der Waals surface area contributed by atoms with E-state index in [1.54, 1.807) is 26.0 Å². The van der Waals surface area contributed by atoms with Crippen molar-refractivity contribution in [1.82, 2.24) is 4.90 Å². The van der Waals surface area contributed by atoms with E-state index in [4.69, 9.17) is 9.47 Å². The molecule has 2 aliphatic rings. The molecule has 1 aliphatic heterocycles. The van der Waals surface area contributed by atoms with Crippen molar-refractivity contribution in [3.63, 3.8) is 0 Å². The van der Waals surface area contributed by atoms with Gasteiger partial charge in [0.25, 0.3) is 0 Å². The number of ether oxygens (including phenoxy) is 2. The lowest BCUT2D eigenvalue weighted by molar-refractivity contribution is 0.275. The molecule has 1 fully saturated rings. The van der Waals surface area contributed by atoms with Crippen LogP contribution in [0, 0.1) is 5.92 Å². The van der Waals surface area contributed by atoms with Gasteiger partial charge in [0, 0.05) is 24.5 Å². The summed E-state index contributed by atoms with van der Waals surface area (Å²) in [5, 5.41) is 0. The van der Waals surface area contributed by atoms with Gasteiger partial charge in [-0.2, -0.15) is 0 Å². The first-order valence-electron chi connectivity index (χ1n) is 9.50. The summed E-state index contributed by atoms with van der Waals surface area (Å²) in [4.78, 5) is 5.11. The fraction of sp³-hybridized carbons (Fsp3) is 0.455. The molecule has 0 aromatic heterocycles. The molecule has 1 aliphatic carbocycles. The van der Waals surface area contributed by atoms with Crippen molar-refractivity contribution in [2.45, 2.75) is 35.5 Å². The van der Waals surface area contributed by atoms with Crippen LogP contribution in [-0.4, -0.2) is 38.8 Å². The fourth-order valence-corrected chi connectivity index (χ4v) is 4.93. The highest BCUT2D eigenvalue weighted by atomic mass is 32.2. The van der Waals surface area contributed by atoms with Gasteiger partial charge in [0.2, 0.25) is 0 Å². The van der Waals surface area contributed by atoms with Crippen LogP contribution in [0.25, 0.3) is 0 Å². The van der Waals surface area contributed by atoms with E-state index in [0.717, 1.165) is 43.3 Å². The molecular weight excluding hydrogens is 342 g/mol. The van der Waals surface area contributed by atoms with E-state index in [9.17, 15) is 0 Å². The lowest BCUT2D eigenvalue weighted by Gasteiger charge is -2.19. The number of hydrogen-bond acceptors (Lipinski definition) is 4. The summed E-state index contributed by atoms with van der Waals surface area (Å²) >= 11 is 1.80. The molecule has 0 bridgehead atoms. The highest BCUT2D eigenvalue weighted by Gasteiger charge is 2.27. The van der Waals surface area contributed by atoms with Crippen molar-refractivity contribution in [2.75, 3.05) is 33.9 Å². The van der Waals surface area contributed by atoms with Crippen LogP contribution in [0.2, 0.25) is 0 Å².